The summed E-state index contributed by atoms with van der Waals surface area (Å²) in [6.07, 6.45) is -3.04. The van der Waals surface area contributed by atoms with Gasteiger partial charge in [-0.3, -0.25) is 4.79 Å². The van der Waals surface area contributed by atoms with Crippen LogP contribution in [0, 0.1) is 0 Å². The van der Waals surface area contributed by atoms with Crippen molar-refractivity contribution in [2.45, 2.75) is 37.5 Å². The zero-order valence-electron chi connectivity index (χ0n) is 10.6. The molecule has 4 nitrogen and oxygen atoms in total. The summed E-state index contributed by atoms with van der Waals surface area (Å²) in [6.45, 7) is 0.0998. The standard InChI is InChI=1S/C11H19F3N2O2/c1-16(6-5-11(12,13)14)7-9(10(17)18-2)15-8-3-4-8/h8-9,15H,3-7H2,1-2H3. The molecule has 0 radical (unpaired) electrons. The Balaban J connectivity index is 2.36. The number of halogens is 3. The molecular weight excluding hydrogens is 249 g/mol. The van der Waals surface area contributed by atoms with Gasteiger partial charge in [0.05, 0.1) is 13.5 Å². The van der Waals surface area contributed by atoms with Crippen LogP contribution in [0.2, 0.25) is 0 Å². The third-order valence-electron chi connectivity index (χ3n) is 2.77. The minimum Gasteiger partial charge on any atom is -0.468 e. The maximum atomic E-state index is 12.1. The maximum absolute atomic E-state index is 12.1. The van der Waals surface area contributed by atoms with E-state index in [-0.39, 0.29) is 13.1 Å². The van der Waals surface area contributed by atoms with Crippen LogP contribution < -0.4 is 5.32 Å². The highest BCUT2D eigenvalue weighted by Crippen LogP contribution is 2.21. The summed E-state index contributed by atoms with van der Waals surface area (Å²) in [5.74, 6) is -0.430. The number of carbonyl (C=O) groups excluding carboxylic acids is 1. The summed E-state index contributed by atoms with van der Waals surface area (Å²) in [7, 11) is 2.84. The van der Waals surface area contributed by atoms with Gasteiger partial charge in [-0.15, -0.1) is 0 Å². The van der Waals surface area contributed by atoms with Crippen molar-refractivity contribution in [1.29, 1.82) is 0 Å². The Labute approximate surface area is 104 Å². The van der Waals surface area contributed by atoms with Crippen molar-refractivity contribution in [3.8, 4) is 0 Å². The van der Waals surface area contributed by atoms with Crippen molar-refractivity contribution in [3.63, 3.8) is 0 Å². The van der Waals surface area contributed by atoms with Gasteiger partial charge in [-0.05, 0) is 19.9 Å². The minimum absolute atomic E-state index is 0.122. The molecule has 0 bridgehead atoms. The Morgan fingerprint density at radius 1 is 1.50 bits per heavy atom. The number of nitrogens with one attached hydrogen (secondary N) is 1. The highest BCUT2D eigenvalue weighted by atomic mass is 19.4. The molecular formula is C11H19F3N2O2. The topological polar surface area (TPSA) is 41.6 Å². The lowest BCUT2D eigenvalue weighted by molar-refractivity contribution is -0.144. The summed E-state index contributed by atoms with van der Waals surface area (Å²) in [4.78, 5) is 13.0. The van der Waals surface area contributed by atoms with Gasteiger partial charge >= 0.3 is 12.1 Å². The van der Waals surface area contributed by atoms with Crippen LogP contribution in [0.25, 0.3) is 0 Å². The number of likely N-dealkylation sites (N-methyl/N-ethyl adjacent to an activating group) is 1. The second-order valence-corrected chi connectivity index (χ2v) is 4.64. The first-order valence-electron chi connectivity index (χ1n) is 5.91. The number of carbonyl (C=O) groups is 1. The van der Waals surface area contributed by atoms with Crippen molar-refractivity contribution in [1.82, 2.24) is 10.2 Å². The molecule has 106 valence electrons. The van der Waals surface area contributed by atoms with Gasteiger partial charge in [0.15, 0.2) is 0 Å². The van der Waals surface area contributed by atoms with Crippen LogP contribution in [-0.2, 0) is 9.53 Å². The summed E-state index contributed by atoms with van der Waals surface area (Å²) >= 11 is 0. The fraction of sp³-hybridized carbons (Fsp3) is 0.909. The molecule has 1 aliphatic carbocycles. The van der Waals surface area contributed by atoms with Gasteiger partial charge in [0.25, 0.3) is 0 Å². The number of hydrogen-bond donors (Lipinski definition) is 1. The fourth-order valence-electron chi connectivity index (χ4n) is 1.59. The molecule has 18 heavy (non-hydrogen) atoms. The Morgan fingerprint density at radius 2 is 2.11 bits per heavy atom. The van der Waals surface area contributed by atoms with Crippen LogP contribution in [0.1, 0.15) is 19.3 Å². The van der Waals surface area contributed by atoms with E-state index in [4.69, 9.17) is 0 Å². The molecule has 1 unspecified atom stereocenters. The van der Waals surface area contributed by atoms with Crippen molar-refractivity contribution < 1.29 is 22.7 Å². The predicted molar refractivity (Wildman–Crippen MR) is 60.1 cm³/mol. The van der Waals surface area contributed by atoms with Crippen molar-refractivity contribution in [2.24, 2.45) is 0 Å². The van der Waals surface area contributed by atoms with Crippen molar-refractivity contribution in [2.75, 3.05) is 27.2 Å². The molecule has 0 heterocycles. The largest absolute Gasteiger partial charge is 0.468 e. The lowest BCUT2D eigenvalue weighted by atomic mass is 10.2. The maximum Gasteiger partial charge on any atom is 0.390 e. The summed E-state index contributed by atoms with van der Waals surface area (Å²) in [5, 5.41) is 3.07. The Bertz CT molecular complexity index is 280. The van der Waals surface area contributed by atoms with Gasteiger partial charge in [-0.2, -0.15) is 13.2 Å². The van der Waals surface area contributed by atoms with Crippen LogP contribution in [-0.4, -0.2) is 56.4 Å². The first kappa shape index (κ1) is 15.2. The number of methoxy groups -OCH3 is 1. The molecule has 1 N–H and O–H groups in total. The van der Waals surface area contributed by atoms with E-state index >= 15 is 0 Å². The molecule has 1 saturated carbocycles. The Kier molecular flexibility index (Phi) is 5.40. The number of nitrogens with zero attached hydrogens (tertiary/aromatic N) is 1. The van der Waals surface area contributed by atoms with Gasteiger partial charge < -0.3 is 15.0 Å². The quantitative estimate of drug-likeness (QED) is 0.704. The van der Waals surface area contributed by atoms with Gasteiger partial charge in [0, 0.05) is 19.1 Å². The smallest absolute Gasteiger partial charge is 0.390 e. The molecule has 0 aliphatic heterocycles. The normalized spacial score (nSPS) is 17.9. The van der Waals surface area contributed by atoms with Gasteiger partial charge in [-0.25, -0.2) is 0 Å². The van der Waals surface area contributed by atoms with Crippen LogP contribution >= 0.6 is 0 Å². The van der Waals surface area contributed by atoms with Crippen molar-refractivity contribution >= 4 is 5.97 Å². The van der Waals surface area contributed by atoms with E-state index in [2.05, 4.69) is 10.1 Å². The molecule has 7 heteroatoms. The third-order valence-corrected chi connectivity index (χ3v) is 2.77. The fourth-order valence-corrected chi connectivity index (χ4v) is 1.59. The highest BCUT2D eigenvalue weighted by Gasteiger charge is 2.31. The number of ether oxygens (including phenoxy) is 1. The summed E-state index contributed by atoms with van der Waals surface area (Å²) < 4.78 is 40.8. The lowest BCUT2D eigenvalue weighted by Gasteiger charge is -2.23. The number of hydrogen-bond acceptors (Lipinski definition) is 4. The van der Waals surface area contributed by atoms with Gasteiger partial charge in [0.1, 0.15) is 6.04 Å². The van der Waals surface area contributed by atoms with Gasteiger partial charge in [0.2, 0.25) is 0 Å². The van der Waals surface area contributed by atoms with Crippen LogP contribution in [0.3, 0.4) is 0 Å². The SMILES string of the molecule is COC(=O)C(CN(C)CCC(F)(F)F)NC1CC1. The number of esters is 1. The summed E-state index contributed by atoms with van der Waals surface area (Å²) in [6, 6.07) is -0.258. The highest BCUT2D eigenvalue weighted by molar-refractivity contribution is 5.76. The average Bonchev–Trinajstić information content (AvgIpc) is 3.07. The lowest BCUT2D eigenvalue weighted by Crippen LogP contribution is -2.47. The first-order chi connectivity index (χ1) is 8.31. The van der Waals surface area contributed by atoms with Gasteiger partial charge in [-0.1, -0.05) is 0 Å². The monoisotopic (exact) mass is 268 g/mol. The van der Waals surface area contributed by atoms with E-state index in [1.807, 2.05) is 0 Å². The predicted octanol–water partition coefficient (Wildman–Crippen LogP) is 1.16. The minimum atomic E-state index is -4.17. The molecule has 0 aromatic heterocycles. The second-order valence-electron chi connectivity index (χ2n) is 4.64. The van der Waals surface area contributed by atoms with Crippen LogP contribution in [0.4, 0.5) is 13.2 Å². The van der Waals surface area contributed by atoms with E-state index in [9.17, 15) is 18.0 Å². The molecule has 1 fully saturated rings. The van der Waals surface area contributed by atoms with Crippen molar-refractivity contribution in [3.05, 3.63) is 0 Å². The molecule has 1 rings (SSSR count). The summed E-state index contributed by atoms with van der Waals surface area (Å²) in [5.41, 5.74) is 0. The molecule has 1 aliphatic rings. The molecule has 0 saturated heterocycles. The Hall–Kier alpha value is -0.820. The van der Waals surface area contributed by atoms with E-state index < -0.39 is 24.6 Å². The van der Waals surface area contributed by atoms with E-state index in [1.54, 1.807) is 7.05 Å². The zero-order valence-corrected chi connectivity index (χ0v) is 10.6. The molecule has 0 aromatic rings. The van der Waals surface area contributed by atoms with Crippen LogP contribution in [0.15, 0.2) is 0 Å². The molecule has 0 aromatic carbocycles. The number of alkyl halides is 3. The molecule has 0 amide bonds. The number of rotatable bonds is 7. The Morgan fingerprint density at radius 3 is 2.56 bits per heavy atom. The second kappa shape index (κ2) is 6.38. The third kappa shape index (κ3) is 6.20. The molecule has 0 spiro atoms. The molecule has 1 atom stereocenters. The van der Waals surface area contributed by atoms with Crippen LogP contribution in [0.5, 0.6) is 0 Å². The van der Waals surface area contributed by atoms with E-state index in [0.29, 0.717) is 6.04 Å². The zero-order chi connectivity index (χ0) is 13.8. The first-order valence-corrected chi connectivity index (χ1v) is 5.91. The average molecular weight is 268 g/mol. The van der Waals surface area contributed by atoms with E-state index in [1.165, 1.54) is 12.0 Å². The van der Waals surface area contributed by atoms with E-state index in [0.717, 1.165) is 12.8 Å².